The van der Waals surface area contributed by atoms with Crippen molar-refractivity contribution in [2.45, 2.75) is 13.5 Å². The monoisotopic (exact) mass is 289 g/mol. The number of imidazole rings is 1. The van der Waals surface area contributed by atoms with Crippen molar-refractivity contribution in [2.75, 3.05) is 12.5 Å². The summed E-state index contributed by atoms with van der Waals surface area (Å²) in [4.78, 5) is 4.45. The third kappa shape index (κ3) is 1.86. The van der Waals surface area contributed by atoms with Gasteiger partial charge in [-0.15, -0.1) is 6.42 Å². The fourth-order valence-corrected chi connectivity index (χ4v) is 2.45. The maximum Gasteiger partial charge on any atom is 0.231 e. The van der Waals surface area contributed by atoms with Gasteiger partial charge in [0.25, 0.3) is 0 Å². The summed E-state index contributed by atoms with van der Waals surface area (Å²) in [7, 11) is 0. The molecule has 0 unspecified atom stereocenters. The number of nitrogens with zero attached hydrogens (tertiary/aromatic N) is 2. The number of nitrogens with two attached hydrogens (primary N) is 1. The molecule has 0 saturated heterocycles. The zero-order chi connectivity index (χ0) is 14.3. The van der Waals surface area contributed by atoms with Crippen molar-refractivity contribution >= 4 is 17.4 Å². The number of hydrogen-bond acceptors (Lipinski definition) is 4. The molecule has 0 atom stereocenters. The molecule has 0 spiro atoms. The summed E-state index contributed by atoms with van der Waals surface area (Å²) >= 11 is 6.17. The highest BCUT2D eigenvalue weighted by Crippen LogP contribution is 2.43. The molecule has 2 heterocycles. The largest absolute Gasteiger partial charge is 0.454 e. The Morgan fingerprint density at radius 1 is 1.50 bits per heavy atom. The lowest BCUT2D eigenvalue weighted by Gasteiger charge is -2.05. The molecule has 0 fully saturated rings. The van der Waals surface area contributed by atoms with E-state index in [2.05, 4.69) is 10.9 Å². The highest BCUT2D eigenvalue weighted by molar-refractivity contribution is 6.32. The first-order chi connectivity index (χ1) is 9.61. The van der Waals surface area contributed by atoms with Gasteiger partial charge < -0.3 is 19.8 Å². The standard InChI is InChI=1S/C14H12ClN3O2/c1-3-4-18-8(2)17-12(14(18)16)9-5-10(15)13-11(6-9)19-7-20-13/h1,5-6H,4,7,16H2,2H3. The Labute approximate surface area is 121 Å². The van der Waals surface area contributed by atoms with E-state index in [-0.39, 0.29) is 6.79 Å². The molecule has 2 N–H and O–H groups in total. The lowest BCUT2D eigenvalue weighted by molar-refractivity contribution is 0.174. The molecular formula is C14H12ClN3O2. The maximum atomic E-state index is 6.17. The maximum absolute atomic E-state index is 6.17. The molecule has 1 aliphatic heterocycles. The summed E-state index contributed by atoms with van der Waals surface area (Å²) in [6, 6.07) is 3.57. The third-order valence-corrected chi connectivity index (χ3v) is 3.43. The van der Waals surface area contributed by atoms with Gasteiger partial charge in [-0.25, -0.2) is 4.98 Å². The van der Waals surface area contributed by atoms with E-state index in [4.69, 9.17) is 33.2 Å². The Bertz CT molecular complexity index is 731. The van der Waals surface area contributed by atoms with Crippen molar-refractivity contribution < 1.29 is 9.47 Å². The molecule has 1 aromatic heterocycles. The summed E-state index contributed by atoms with van der Waals surface area (Å²) in [5.41, 5.74) is 7.52. The van der Waals surface area contributed by atoms with Gasteiger partial charge in [-0.05, 0) is 19.1 Å². The highest BCUT2D eigenvalue weighted by atomic mass is 35.5. The summed E-state index contributed by atoms with van der Waals surface area (Å²) < 4.78 is 12.4. The predicted molar refractivity (Wildman–Crippen MR) is 76.8 cm³/mol. The quantitative estimate of drug-likeness (QED) is 0.863. The number of rotatable bonds is 2. The van der Waals surface area contributed by atoms with Crippen LogP contribution in [0.3, 0.4) is 0 Å². The number of benzene rings is 1. The van der Waals surface area contributed by atoms with Crippen LogP contribution in [0.5, 0.6) is 11.5 Å². The average Bonchev–Trinajstić information content (AvgIpc) is 2.99. The fourth-order valence-electron chi connectivity index (χ4n) is 2.19. The van der Waals surface area contributed by atoms with Crippen LogP contribution in [0, 0.1) is 19.3 Å². The van der Waals surface area contributed by atoms with Crippen molar-refractivity contribution in [3.63, 3.8) is 0 Å². The van der Waals surface area contributed by atoms with Crippen molar-refractivity contribution in [3.05, 3.63) is 23.0 Å². The van der Waals surface area contributed by atoms with E-state index in [0.717, 1.165) is 11.4 Å². The molecule has 2 aromatic rings. The molecule has 20 heavy (non-hydrogen) atoms. The van der Waals surface area contributed by atoms with Gasteiger partial charge in [0.1, 0.15) is 17.3 Å². The molecule has 3 rings (SSSR count). The SMILES string of the molecule is C#CCn1c(C)nc(-c2cc(Cl)c3c(c2)OCO3)c1N. The number of nitrogen functional groups attached to an aromatic ring is 1. The molecule has 0 aliphatic carbocycles. The van der Waals surface area contributed by atoms with Crippen molar-refractivity contribution in [1.29, 1.82) is 0 Å². The number of terminal acetylenes is 1. The lowest BCUT2D eigenvalue weighted by Crippen LogP contribution is -2.03. The van der Waals surface area contributed by atoms with E-state index in [9.17, 15) is 0 Å². The van der Waals surface area contributed by atoms with E-state index < -0.39 is 0 Å². The smallest absolute Gasteiger partial charge is 0.231 e. The van der Waals surface area contributed by atoms with Gasteiger partial charge in [0.15, 0.2) is 11.5 Å². The van der Waals surface area contributed by atoms with Gasteiger partial charge in [0.2, 0.25) is 6.79 Å². The minimum Gasteiger partial charge on any atom is -0.454 e. The molecular weight excluding hydrogens is 278 g/mol. The van der Waals surface area contributed by atoms with Gasteiger partial charge in [-0.2, -0.15) is 0 Å². The van der Waals surface area contributed by atoms with E-state index in [1.165, 1.54) is 0 Å². The molecule has 1 aromatic carbocycles. The Balaban J connectivity index is 2.13. The van der Waals surface area contributed by atoms with E-state index in [1.807, 2.05) is 13.0 Å². The Morgan fingerprint density at radius 3 is 3.05 bits per heavy atom. The minimum atomic E-state index is 0.165. The second-order valence-corrected chi connectivity index (χ2v) is 4.78. The van der Waals surface area contributed by atoms with Crippen molar-refractivity contribution in [3.8, 4) is 35.1 Å². The fraction of sp³-hybridized carbons (Fsp3) is 0.214. The van der Waals surface area contributed by atoms with Crippen LogP contribution in [0.4, 0.5) is 5.82 Å². The second kappa shape index (κ2) is 4.66. The van der Waals surface area contributed by atoms with Crippen LogP contribution < -0.4 is 15.2 Å². The van der Waals surface area contributed by atoms with Crippen molar-refractivity contribution in [2.24, 2.45) is 0 Å². The number of aryl methyl sites for hydroxylation is 1. The zero-order valence-electron chi connectivity index (χ0n) is 10.8. The summed E-state index contributed by atoms with van der Waals surface area (Å²) in [6.07, 6.45) is 5.33. The van der Waals surface area contributed by atoms with E-state index in [1.54, 1.807) is 10.6 Å². The van der Waals surface area contributed by atoms with Crippen LogP contribution in [0.1, 0.15) is 5.82 Å². The first-order valence-electron chi connectivity index (χ1n) is 5.97. The van der Waals surface area contributed by atoms with Crippen molar-refractivity contribution in [1.82, 2.24) is 9.55 Å². The summed E-state index contributed by atoms with van der Waals surface area (Å²) in [5.74, 6) is 4.96. The van der Waals surface area contributed by atoms with Gasteiger partial charge in [-0.1, -0.05) is 17.5 Å². The van der Waals surface area contributed by atoms with Gasteiger partial charge >= 0.3 is 0 Å². The number of ether oxygens (including phenoxy) is 2. The number of aromatic nitrogens is 2. The normalized spacial score (nSPS) is 12.4. The van der Waals surface area contributed by atoms with E-state index in [0.29, 0.717) is 34.6 Å². The van der Waals surface area contributed by atoms with Crippen LogP contribution in [0.2, 0.25) is 5.02 Å². The molecule has 6 heteroatoms. The molecule has 0 amide bonds. The highest BCUT2D eigenvalue weighted by Gasteiger charge is 2.21. The summed E-state index contributed by atoms with van der Waals surface area (Å²) in [5, 5.41) is 0.471. The minimum absolute atomic E-state index is 0.165. The number of fused-ring (bicyclic) bond motifs is 1. The molecule has 0 bridgehead atoms. The molecule has 5 nitrogen and oxygen atoms in total. The third-order valence-electron chi connectivity index (χ3n) is 3.15. The lowest BCUT2D eigenvalue weighted by atomic mass is 10.1. The first-order valence-corrected chi connectivity index (χ1v) is 6.35. The Kier molecular flexibility index (Phi) is 2.96. The van der Waals surface area contributed by atoms with Crippen LogP contribution in [-0.4, -0.2) is 16.3 Å². The average molecular weight is 290 g/mol. The van der Waals surface area contributed by atoms with Gasteiger partial charge in [0.05, 0.1) is 11.6 Å². The van der Waals surface area contributed by atoms with Crippen LogP contribution in [0.25, 0.3) is 11.3 Å². The number of hydrogen-bond donors (Lipinski definition) is 1. The van der Waals surface area contributed by atoms with E-state index >= 15 is 0 Å². The van der Waals surface area contributed by atoms with Crippen LogP contribution in [-0.2, 0) is 6.54 Å². The predicted octanol–water partition coefficient (Wildman–Crippen LogP) is 2.46. The topological polar surface area (TPSA) is 62.3 Å². The molecule has 0 saturated carbocycles. The van der Waals surface area contributed by atoms with Crippen LogP contribution in [0.15, 0.2) is 12.1 Å². The summed E-state index contributed by atoms with van der Waals surface area (Å²) in [6.45, 7) is 2.40. The molecule has 1 aliphatic rings. The second-order valence-electron chi connectivity index (χ2n) is 4.37. The number of anilines is 1. The zero-order valence-corrected chi connectivity index (χ0v) is 11.6. The Hall–Kier alpha value is -2.32. The molecule has 102 valence electrons. The van der Waals surface area contributed by atoms with Gasteiger partial charge in [0, 0.05) is 5.56 Å². The van der Waals surface area contributed by atoms with Crippen LogP contribution >= 0.6 is 11.6 Å². The number of halogens is 1. The first kappa shape index (κ1) is 12.7. The van der Waals surface area contributed by atoms with Gasteiger partial charge in [-0.3, -0.25) is 0 Å². The molecule has 0 radical (unpaired) electrons. The Morgan fingerprint density at radius 2 is 2.30 bits per heavy atom.